The zero-order valence-corrected chi connectivity index (χ0v) is 12.0. The smallest absolute Gasteiger partial charge is 0.274 e. The largest absolute Gasteiger partial charge is 0.392 e. The van der Waals surface area contributed by atoms with Crippen molar-refractivity contribution in [3.05, 3.63) is 38.9 Å². The van der Waals surface area contributed by atoms with Crippen molar-refractivity contribution in [3.8, 4) is 0 Å². The van der Waals surface area contributed by atoms with Crippen LogP contribution in [0.3, 0.4) is 0 Å². The van der Waals surface area contributed by atoms with E-state index in [-0.39, 0.29) is 5.69 Å². The summed E-state index contributed by atoms with van der Waals surface area (Å²) in [6, 6.07) is 4.65. The maximum absolute atomic E-state index is 11.1. The van der Waals surface area contributed by atoms with Crippen LogP contribution in [0.15, 0.2) is 18.2 Å². The highest BCUT2D eigenvalue weighted by molar-refractivity contribution is 6.31. The summed E-state index contributed by atoms with van der Waals surface area (Å²) in [5.41, 5.74) is 5.85. The minimum absolute atomic E-state index is 0.00287. The zero-order chi connectivity index (χ0) is 14.8. The van der Waals surface area contributed by atoms with Crippen molar-refractivity contribution < 1.29 is 10.0 Å². The Balaban J connectivity index is 2.39. The molecule has 110 valence electrons. The molecule has 0 spiro atoms. The van der Waals surface area contributed by atoms with Gasteiger partial charge in [-0.05, 0) is 25.3 Å². The van der Waals surface area contributed by atoms with E-state index >= 15 is 0 Å². The molecule has 1 saturated carbocycles. The number of rotatable bonds is 4. The summed E-state index contributed by atoms with van der Waals surface area (Å²) in [6.07, 6.45) is 3.22. The molecule has 2 atom stereocenters. The van der Waals surface area contributed by atoms with E-state index in [1.54, 1.807) is 12.1 Å². The van der Waals surface area contributed by atoms with Gasteiger partial charge in [-0.25, -0.2) is 0 Å². The Hall–Kier alpha value is -1.17. The molecule has 1 aromatic rings. The lowest BCUT2D eigenvalue weighted by Gasteiger charge is -2.41. The van der Waals surface area contributed by atoms with E-state index < -0.39 is 16.4 Å². The fraction of sp³-hybridized carbons (Fsp3) is 0.571. The van der Waals surface area contributed by atoms with Crippen LogP contribution in [0.25, 0.3) is 0 Å². The maximum atomic E-state index is 11.1. The van der Waals surface area contributed by atoms with Crippen LogP contribution in [0.5, 0.6) is 0 Å². The molecule has 6 heteroatoms. The van der Waals surface area contributed by atoms with E-state index in [2.05, 4.69) is 0 Å². The summed E-state index contributed by atoms with van der Waals surface area (Å²) in [7, 11) is 0. The zero-order valence-electron chi connectivity index (χ0n) is 11.2. The Bertz CT molecular complexity index is 509. The molecular weight excluding hydrogens is 280 g/mol. The van der Waals surface area contributed by atoms with E-state index in [1.165, 1.54) is 6.07 Å². The third-order valence-electron chi connectivity index (χ3n) is 4.34. The second kappa shape index (κ2) is 6.08. The molecule has 20 heavy (non-hydrogen) atoms. The standard InChI is InChI=1S/C14H19ClN2O3/c15-11-4-3-5-12(17(19)20)10(11)8-14(9-16)7-2-1-6-13(14)18/h3-5,13,18H,1-2,6-9,16H2. The summed E-state index contributed by atoms with van der Waals surface area (Å²) in [5.74, 6) is 0. The SMILES string of the molecule is NCC1(Cc2c(Cl)cccc2[N+](=O)[O-])CCCCC1O. The minimum Gasteiger partial charge on any atom is -0.392 e. The van der Waals surface area contributed by atoms with Crippen LogP contribution in [-0.2, 0) is 6.42 Å². The summed E-state index contributed by atoms with van der Waals surface area (Å²) < 4.78 is 0. The van der Waals surface area contributed by atoms with E-state index in [4.69, 9.17) is 17.3 Å². The number of nitro groups is 1. The highest BCUT2D eigenvalue weighted by Crippen LogP contribution is 2.42. The molecule has 1 fully saturated rings. The highest BCUT2D eigenvalue weighted by atomic mass is 35.5. The van der Waals surface area contributed by atoms with Crippen molar-refractivity contribution in [2.45, 2.75) is 38.2 Å². The fourth-order valence-electron chi connectivity index (χ4n) is 3.05. The Morgan fingerprint density at radius 1 is 1.50 bits per heavy atom. The predicted molar refractivity (Wildman–Crippen MR) is 77.8 cm³/mol. The third kappa shape index (κ3) is 2.80. The molecule has 0 saturated heterocycles. The monoisotopic (exact) mass is 298 g/mol. The quantitative estimate of drug-likeness (QED) is 0.660. The normalized spacial score (nSPS) is 26.4. The molecule has 2 rings (SSSR count). The minimum atomic E-state index is -0.530. The molecule has 1 aliphatic rings. The summed E-state index contributed by atoms with van der Waals surface area (Å²) in [4.78, 5) is 10.7. The van der Waals surface area contributed by atoms with E-state index in [1.807, 2.05) is 0 Å². The number of benzene rings is 1. The van der Waals surface area contributed by atoms with Gasteiger partial charge in [0.15, 0.2) is 0 Å². The van der Waals surface area contributed by atoms with Crippen molar-refractivity contribution >= 4 is 17.3 Å². The van der Waals surface area contributed by atoms with E-state index in [9.17, 15) is 15.2 Å². The van der Waals surface area contributed by atoms with Crippen LogP contribution in [-0.4, -0.2) is 22.7 Å². The number of halogens is 1. The van der Waals surface area contributed by atoms with Crippen LogP contribution < -0.4 is 5.73 Å². The van der Waals surface area contributed by atoms with Crippen molar-refractivity contribution in [2.75, 3.05) is 6.54 Å². The van der Waals surface area contributed by atoms with Crippen LogP contribution in [0.1, 0.15) is 31.2 Å². The summed E-state index contributed by atoms with van der Waals surface area (Å²) >= 11 is 6.13. The number of aliphatic hydroxyl groups excluding tert-OH is 1. The van der Waals surface area contributed by atoms with Crippen molar-refractivity contribution in [2.24, 2.45) is 11.1 Å². The van der Waals surface area contributed by atoms with E-state index in [0.717, 1.165) is 19.3 Å². The molecular formula is C14H19ClN2O3. The van der Waals surface area contributed by atoms with Gasteiger partial charge in [-0.15, -0.1) is 0 Å². The lowest BCUT2D eigenvalue weighted by atomic mass is 9.68. The topological polar surface area (TPSA) is 89.4 Å². The van der Waals surface area contributed by atoms with Gasteiger partial charge in [0.05, 0.1) is 16.0 Å². The van der Waals surface area contributed by atoms with Gasteiger partial charge in [-0.1, -0.05) is 30.5 Å². The Labute approximate surface area is 122 Å². The first kappa shape index (κ1) is 15.2. The number of nitrogens with two attached hydrogens (primary N) is 1. The van der Waals surface area contributed by atoms with Crippen LogP contribution >= 0.6 is 11.6 Å². The van der Waals surface area contributed by atoms with Crippen LogP contribution in [0, 0.1) is 15.5 Å². The molecule has 0 aromatic heterocycles. The first-order chi connectivity index (χ1) is 9.50. The molecule has 1 aliphatic carbocycles. The van der Waals surface area contributed by atoms with Gasteiger partial charge in [0, 0.05) is 23.6 Å². The van der Waals surface area contributed by atoms with Gasteiger partial charge in [0.25, 0.3) is 5.69 Å². The molecule has 0 radical (unpaired) electrons. The highest BCUT2D eigenvalue weighted by Gasteiger charge is 2.40. The number of hydrogen-bond donors (Lipinski definition) is 2. The Morgan fingerprint density at radius 2 is 2.25 bits per heavy atom. The molecule has 5 nitrogen and oxygen atoms in total. The van der Waals surface area contributed by atoms with Gasteiger partial charge < -0.3 is 10.8 Å². The van der Waals surface area contributed by atoms with Gasteiger partial charge >= 0.3 is 0 Å². The van der Waals surface area contributed by atoms with Gasteiger partial charge in [0.2, 0.25) is 0 Å². The van der Waals surface area contributed by atoms with Gasteiger partial charge in [0.1, 0.15) is 0 Å². The van der Waals surface area contributed by atoms with Crippen molar-refractivity contribution in [1.82, 2.24) is 0 Å². The lowest BCUT2D eigenvalue weighted by Crippen LogP contribution is -2.45. The molecule has 0 bridgehead atoms. The molecule has 0 amide bonds. The molecule has 1 aromatic carbocycles. The third-order valence-corrected chi connectivity index (χ3v) is 4.69. The second-order valence-corrected chi connectivity index (χ2v) is 5.91. The molecule has 3 N–H and O–H groups in total. The predicted octanol–water partition coefficient (Wildman–Crippen LogP) is 2.67. The molecule has 2 unspecified atom stereocenters. The summed E-state index contributed by atoms with van der Waals surface area (Å²) in [6.45, 7) is 0.302. The summed E-state index contributed by atoms with van der Waals surface area (Å²) in [5, 5.41) is 21.8. The van der Waals surface area contributed by atoms with Crippen molar-refractivity contribution in [1.29, 1.82) is 0 Å². The van der Waals surface area contributed by atoms with Crippen LogP contribution in [0.4, 0.5) is 5.69 Å². The number of hydrogen-bond acceptors (Lipinski definition) is 4. The Kier molecular flexibility index (Phi) is 4.62. The maximum Gasteiger partial charge on any atom is 0.274 e. The number of aliphatic hydroxyl groups is 1. The fourth-order valence-corrected chi connectivity index (χ4v) is 3.29. The molecule has 0 heterocycles. The van der Waals surface area contributed by atoms with Crippen LogP contribution in [0.2, 0.25) is 5.02 Å². The Morgan fingerprint density at radius 3 is 2.85 bits per heavy atom. The molecule has 0 aliphatic heterocycles. The van der Waals surface area contributed by atoms with Gasteiger partial charge in [-0.2, -0.15) is 0 Å². The average Bonchev–Trinajstić information content (AvgIpc) is 2.43. The second-order valence-electron chi connectivity index (χ2n) is 5.50. The van der Waals surface area contributed by atoms with Crippen molar-refractivity contribution in [3.63, 3.8) is 0 Å². The number of nitrogens with zero attached hydrogens (tertiary/aromatic N) is 1. The van der Waals surface area contributed by atoms with Gasteiger partial charge in [-0.3, -0.25) is 10.1 Å². The first-order valence-corrected chi connectivity index (χ1v) is 7.18. The van der Waals surface area contributed by atoms with E-state index in [0.29, 0.717) is 30.0 Å². The number of nitro benzene ring substituents is 1. The lowest BCUT2D eigenvalue weighted by molar-refractivity contribution is -0.385. The first-order valence-electron chi connectivity index (χ1n) is 6.80. The average molecular weight is 299 g/mol.